The third-order valence-corrected chi connectivity index (χ3v) is 5.69. The maximum Gasteiger partial charge on any atom is 0.155 e. The second kappa shape index (κ2) is 5.63. The zero-order valence-electron chi connectivity index (χ0n) is 9.97. The van der Waals surface area contributed by atoms with Gasteiger partial charge in [-0.05, 0) is 29.8 Å². The highest BCUT2D eigenvalue weighted by Gasteiger charge is 2.10. The number of fused-ring (bicyclic) bond motifs is 1. The van der Waals surface area contributed by atoms with Crippen molar-refractivity contribution in [2.45, 2.75) is 15.8 Å². The fourth-order valence-corrected chi connectivity index (χ4v) is 4.68. The highest BCUT2D eigenvalue weighted by Crippen LogP contribution is 2.37. The number of rotatable bonds is 3. The Labute approximate surface area is 128 Å². The number of nitrogens with zero attached hydrogens (tertiary/aromatic N) is 1. The van der Waals surface area contributed by atoms with Crippen molar-refractivity contribution >= 4 is 49.2 Å². The van der Waals surface area contributed by atoms with Crippen LogP contribution in [0.3, 0.4) is 0 Å². The number of thiazole rings is 1. The molecule has 0 saturated carbocycles. The van der Waals surface area contributed by atoms with Crippen molar-refractivity contribution in [3.63, 3.8) is 0 Å². The lowest BCUT2D eigenvalue weighted by molar-refractivity contribution is 1.02. The molecule has 0 spiro atoms. The Balaban J connectivity index is 1.99. The molecule has 1 aromatic heterocycles. The van der Waals surface area contributed by atoms with Gasteiger partial charge in [0.05, 0.1) is 10.2 Å². The lowest BCUT2D eigenvalue weighted by Crippen LogP contribution is -1.99. The lowest BCUT2D eigenvalue weighted by Gasteiger charge is -2.07. The number of nitrogens with two attached hydrogens (primary N) is 1. The third kappa shape index (κ3) is 2.69. The molecule has 0 aliphatic rings. The van der Waals surface area contributed by atoms with Gasteiger partial charge in [-0.15, -0.1) is 11.3 Å². The minimum atomic E-state index is 0.522. The normalized spacial score (nSPS) is 11.1. The molecule has 0 bridgehead atoms. The van der Waals surface area contributed by atoms with E-state index in [-0.39, 0.29) is 0 Å². The van der Waals surface area contributed by atoms with E-state index in [0.717, 1.165) is 24.8 Å². The quantitative estimate of drug-likeness (QED) is 0.745. The van der Waals surface area contributed by atoms with E-state index >= 15 is 0 Å². The molecule has 2 aromatic carbocycles. The molecule has 2 N–H and O–H groups in total. The highest BCUT2D eigenvalue weighted by molar-refractivity contribution is 9.10. The van der Waals surface area contributed by atoms with Crippen LogP contribution in [0.4, 0.5) is 0 Å². The van der Waals surface area contributed by atoms with E-state index < -0.39 is 0 Å². The summed E-state index contributed by atoms with van der Waals surface area (Å²) in [6.07, 6.45) is 0. The molecule has 3 aromatic rings. The monoisotopic (exact) mass is 350 g/mol. The van der Waals surface area contributed by atoms with Crippen molar-refractivity contribution in [3.8, 4) is 0 Å². The Morgan fingerprint density at radius 2 is 2.00 bits per heavy atom. The van der Waals surface area contributed by atoms with Gasteiger partial charge in [0.15, 0.2) is 4.34 Å². The molecule has 0 unspecified atom stereocenters. The zero-order valence-corrected chi connectivity index (χ0v) is 13.2. The predicted molar refractivity (Wildman–Crippen MR) is 85.8 cm³/mol. The van der Waals surface area contributed by atoms with Gasteiger partial charge in [0, 0.05) is 15.9 Å². The summed E-state index contributed by atoms with van der Waals surface area (Å²) in [6.45, 7) is 0.522. The van der Waals surface area contributed by atoms with Crippen LogP contribution in [0, 0.1) is 0 Å². The second-order valence-electron chi connectivity index (χ2n) is 3.97. The molecule has 1 heterocycles. The van der Waals surface area contributed by atoms with Crippen LogP contribution < -0.4 is 5.73 Å². The van der Waals surface area contributed by atoms with Gasteiger partial charge in [0.25, 0.3) is 0 Å². The smallest absolute Gasteiger partial charge is 0.155 e. The van der Waals surface area contributed by atoms with E-state index in [9.17, 15) is 0 Å². The molecular weight excluding hydrogens is 340 g/mol. The maximum absolute atomic E-state index is 5.82. The number of aromatic nitrogens is 1. The molecule has 2 nitrogen and oxygen atoms in total. The topological polar surface area (TPSA) is 38.9 Å². The van der Waals surface area contributed by atoms with Crippen molar-refractivity contribution in [1.82, 2.24) is 4.98 Å². The fourth-order valence-electron chi connectivity index (χ4n) is 1.82. The van der Waals surface area contributed by atoms with E-state index in [1.54, 1.807) is 23.1 Å². The Hall–Kier alpha value is -0.880. The molecule has 0 saturated heterocycles. The Morgan fingerprint density at radius 3 is 2.79 bits per heavy atom. The number of hydrogen-bond acceptors (Lipinski definition) is 4. The van der Waals surface area contributed by atoms with E-state index in [4.69, 9.17) is 5.73 Å². The van der Waals surface area contributed by atoms with Crippen LogP contribution in [0.2, 0.25) is 0 Å². The molecule has 0 atom stereocenters. The molecule has 0 aliphatic carbocycles. The standard InChI is InChI=1S/C14H11BrN2S2/c15-10-4-3-7-12(9(10)8-16)18-14-17-11-5-1-2-6-13(11)19-14/h1-7H,8,16H2. The van der Waals surface area contributed by atoms with Crippen molar-refractivity contribution in [1.29, 1.82) is 0 Å². The minimum absolute atomic E-state index is 0.522. The van der Waals surface area contributed by atoms with Gasteiger partial charge in [-0.2, -0.15) is 0 Å². The zero-order chi connectivity index (χ0) is 13.2. The first-order valence-corrected chi connectivity index (χ1v) is 8.21. The average Bonchev–Trinajstić information content (AvgIpc) is 2.81. The summed E-state index contributed by atoms with van der Waals surface area (Å²) in [5, 5.41) is 0. The summed E-state index contributed by atoms with van der Waals surface area (Å²) in [7, 11) is 0. The van der Waals surface area contributed by atoms with Crippen molar-refractivity contribution in [3.05, 3.63) is 52.5 Å². The van der Waals surface area contributed by atoms with Crippen LogP contribution >= 0.6 is 39.0 Å². The summed E-state index contributed by atoms with van der Waals surface area (Å²) >= 11 is 6.93. The van der Waals surface area contributed by atoms with Crippen molar-refractivity contribution < 1.29 is 0 Å². The molecular formula is C14H11BrN2S2. The highest BCUT2D eigenvalue weighted by atomic mass is 79.9. The fraction of sp³-hybridized carbons (Fsp3) is 0.0714. The molecule has 0 fully saturated rings. The summed E-state index contributed by atoms with van der Waals surface area (Å²) < 4.78 is 3.32. The van der Waals surface area contributed by atoms with E-state index in [2.05, 4.69) is 33.0 Å². The van der Waals surface area contributed by atoms with Gasteiger partial charge in [0.2, 0.25) is 0 Å². The van der Waals surface area contributed by atoms with Gasteiger partial charge < -0.3 is 5.73 Å². The van der Waals surface area contributed by atoms with Crippen molar-refractivity contribution in [2.24, 2.45) is 5.73 Å². The van der Waals surface area contributed by atoms with E-state index in [0.29, 0.717) is 6.54 Å². The SMILES string of the molecule is NCc1c(Br)cccc1Sc1nc2ccccc2s1. The number of halogens is 1. The number of hydrogen-bond donors (Lipinski definition) is 1. The van der Waals surface area contributed by atoms with Crippen LogP contribution in [0.15, 0.2) is 56.2 Å². The number of para-hydroxylation sites is 1. The summed E-state index contributed by atoms with van der Waals surface area (Å²) in [6, 6.07) is 14.3. The van der Waals surface area contributed by atoms with Gasteiger partial charge in [0.1, 0.15) is 0 Å². The molecule has 0 amide bonds. The first-order chi connectivity index (χ1) is 9.28. The maximum atomic E-state index is 5.82. The second-order valence-corrected chi connectivity index (χ2v) is 7.14. The minimum Gasteiger partial charge on any atom is -0.326 e. The molecule has 19 heavy (non-hydrogen) atoms. The molecule has 0 aliphatic heterocycles. The largest absolute Gasteiger partial charge is 0.326 e. The van der Waals surface area contributed by atoms with Crippen molar-refractivity contribution in [2.75, 3.05) is 0 Å². The third-order valence-electron chi connectivity index (χ3n) is 2.75. The number of benzene rings is 2. The van der Waals surface area contributed by atoms with Crippen LogP contribution in [0.5, 0.6) is 0 Å². The van der Waals surface area contributed by atoms with Crippen LogP contribution in [0.25, 0.3) is 10.2 Å². The molecule has 5 heteroatoms. The van der Waals surface area contributed by atoms with Crippen LogP contribution in [0.1, 0.15) is 5.56 Å². The summed E-state index contributed by atoms with van der Waals surface area (Å²) in [5.41, 5.74) is 8.01. The van der Waals surface area contributed by atoms with E-state index in [1.807, 2.05) is 30.3 Å². The van der Waals surface area contributed by atoms with Gasteiger partial charge in [-0.3, -0.25) is 0 Å². The van der Waals surface area contributed by atoms with Crippen LogP contribution in [-0.4, -0.2) is 4.98 Å². The van der Waals surface area contributed by atoms with E-state index in [1.165, 1.54) is 4.70 Å². The average molecular weight is 351 g/mol. The first-order valence-electron chi connectivity index (χ1n) is 5.79. The Bertz CT molecular complexity index is 691. The first kappa shape index (κ1) is 13.1. The predicted octanol–water partition coefficient (Wildman–Crippen LogP) is 4.67. The Morgan fingerprint density at radius 1 is 1.16 bits per heavy atom. The molecule has 3 rings (SSSR count). The lowest BCUT2D eigenvalue weighted by atomic mass is 10.2. The summed E-state index contributed by atoms with van der Waals surface area (Å²) in [4.78, 5) is 5.80. The van der Waals surface area contributed by atoms with Gasteiger partial charge >= 0.3 is 0 Å². The van der Waals surface area contributed by atoms with Gasteiger partial charge in [-0.1, -0.05) is 45.9 Å². The molecule has 0 radical (unpaired) electrons. The Kier molecular flexibility index (Phi) is 3.88. The van der Waals surface area contributed by atoms with Gasteiger partial charge in [-0.25, -0.2) is 4.98 Å². The summed E-state index contributed by atoms with van der Waals surface area (Å²) in [5.74, 6) is 0. The van der Waals surface area contributed by atoms with Crippen LogP contribution in [-0.2, 0) is 6.54 Å². The molecule has 96 valence electrons.